The Bertz CT molecular complexity index is 728. The first-order valence-electron chi connectivity index (χ1n) is 9.38. The van der Waals surface area contributed by atoms with E-state index in [0.29, 0.717) is 19.2 Å². The predicted molar refractivity (Wildman–Crippen MR) is 97.8 cm³/mol. The predicted octanol–water partition coefficient (Wildman–Crippen LogP) is 2.85. The number of fused-ring (bicyclic) bond motifs is 1. The van der Waals surface area contributed by atoms with Crippen LogP contribution in [0.15, 0.2) is 30.6 Å². The number of aromatic nitrogens is 2. The number of piperidine rings is 1. The Balaban J connectivity index is 1.28. The third-order valence-corrected chi connectivity index (χ3v) is 4.91. The molecule has 1 aromatic carbocycles. The van der Waals surface area contributed by atoms with Crippen LogP contribution in [0, 0.1) is 0 Å². The molecule has 0 atom stereocenters. The lowest BCUT2D eigenvalue weighted by atomic mass is 10.1. The van der Waals surface area contributed by atoms with E-state index in [-0.39, 0.29) is 6.10 Å². The Morgan fingerprint density at radius 3 is 2.50 bits per heavy atom. The van der Waals surface area contributed by atoms with Crippen LogP contribution < -0.4 is 14.2 Å². The van der Waals surface area contributed by atoms with Crippen LogP contribution in [0.1, 0.15) is 30.9 Å². The van der Waals surface area contributed by atoms with Gasteiger partial charge in [0.05, 0.1) is 0 Å². The fourth-order valence-corrected chi connectivity index (χ4v) is 3.36. The molecule has 0 spiro atoms. The van der Waals surface area contributed by atoms with Gasteiger partial charge < -0.3 is 14.2 Å². The van der Waals surface area contributed by atoms with Crippen LogP contribution in [0.5, 0.6) is 17.5 Å². The lowest BCUT2D eigenvalue weighted by molar-refractivity contribution is 0.0890. The minimum Gasteiger partial charge on any atom is -0.486 e. The molecule has 2 aliphatic rings. The second-order valence-electron chi connectivity index (χ2n) is 6.80. The number of benzene rings is 1. The maximum absolute atomic E-state index is 5.94. The van der Waals surface area contributed by atoms with Gasteiger partial charge in [0.15, 0.2) is 11.5 Å². The van der Waals surface area contributed by atoms with Crippen LogP contribution in [0.2, 0.25) is 0 Å². The van der Waals surface area contributed by atoms with Gasteiger partial charge in [-0.2, -0.15) is 0 Å². The highest BCUT2D eigenvalue weighted by Crippen LogP contribution is 2.31. The molecule has 1 aromatic heterocycles. The maximum atomic E-state index is 5.94. The van der Waals surface area contributed by atoms with Gasteiger partial charge in [-0.1, -0.05) is 13.0 Å². The number of likely N-dealkylation sites (tertiary alicyclic amines) is 1. The van der Waals surface area contributed by atoms with Crippen LogP contribution in [0.3, 0.4) is 0 Å². The van der Waals surface area contributed by atoms with Crippen molar-refractivity contribution in [3.8, 4) is 17.5 Å². The van der Waals surface area contributed by atoms with Crippen molar-refractivity contribution in [1.29, 1.82) is 0 Å². The molecule has 1 saturated heterocycles. The molecular weight excluding hydrogens is 330 g/mol. The molecule has 138 valence electrons. The average Bonchev–Trinajstić information content (AvgIpc) is 2.70. The SMILES string of the molecule is CCc1cnc(OC2CCN(Cc3ccc4c(c3)OCCO4)CC2)nc1. The molecule has 4 rings (SSSR count). The van der Waals surface area contributed by atoms with Crippen LogP contribution in [0.25, 0.3) is 0 Å². The fraction of sp³-hybridized carbons (Fsp3) is 0.500. The zero-order chi connectivity index (χ0) is 17.8. The number of ether oxygens (including phenoxy) is 3. The molecule has 0 amide bonds. The summed E-state index contributed by atoms with van der Waals surface area (Å²) >= 11 is 0. The summed E-state index contributed by atoms with van der Waals surface area (Å²) in [5.74, 6) is 1.71. The molecule has 3 heterocycles. The second-order valence-corrected chi connectivity index (χ2v) is 6.80. The van der Waals surface area contributed by atoms with Crippen LogP contribution in [-0.4, -0.2) is 47.3 Å². The van der Waals surface area contributed by atoms with Crippen LogP contribution in [-0.2, 0) is 13.0 Å². The molecule has 1 fully saturated rings. The standard InChI is InChI=1S/C20H25N3O3/c1-2-15-12-21-20(22-13-15)26-17-5-7-23(8-6-17)14-16-3-4-18-19(11-16)25-10-9-24-18/h3-4,11-13,17H,2,5-10,14H2,1H3. The Morgan fingerprint density at radius 1 is 1.04 bits per heavy atom. The number of rotatable bonds is 5. The largest absolute Gasteiger partial charge is 0.486 e. The first-order chi connectivity index (χ1) is 12.8. The van der Waals surface area contributed by atoms with Crippen LogP contribution in [0.4, 0.5) is 0 Å². The van der Waals surface area contributed by atoms with E-state index >= 15 is 0 Å². The van der Waals surface area contributed by atoms with E-state index in [2.05, 4.69) is 33.9 Å². The van der Waals surface area contributed by atoms with E-state index in [4.69, 9.17) is 14.2 Å². The lowest BCUT2D eigenvalue weighted by Crippen LogP contribution is -2.38. The summed E-state index contributed by atoms with van der Waals surface area (Å²) in [6.07, 6.45) is 6.81. The highest BCUT2D eigenvalue weighted by atomic mass is 16.6. The fourth-order valence-electron chi connectivity index (χ4n) is 3.36. The number of hydrogen-bond acceptors (Lipinski definition) is 6. The minimum atomic E-state index is 0.194. The van der Waals surface area contributed by atoms with Gasteiger partial charge in [0.1, 0.15) is 19.3 Å². The molecule has 0 bridgehead atoms. The van der Waals surface area contributed by atoms with Crippen molar-refractivity contribution in [1.82, 2.24) is 14.9 Å². The van der Waals surface area contributed by atoms with Gasteiger partial charge in [-0.25, -0.2) is 9.97 Å². The summed E-state index contributed by atoms with van der Waals surface area (Å²) in [6, 6.07) is 6.73. The summed E-state index contributed by atoms with van der Waals surface area (Å²) in [4.78, 5) is 11.0. The zero-order valence-electron chi connectivity index (χ0n) is 15.2. The van der Waals surface area contributed by atoms with E-state index < -0.39 is 0 Å². The molecule has 0 N–H and O–H groups in total. The zero-order valence-corrected chi connectivity index (χ0v) is 15.2. The number of hydrogen-bond donors (Lipinski definition) is 0. The van der Waals surface area contributed by atoms with Crippen molar-refractivity contribution in [2.75, 3.05) is 26.3 Å². The quantitative estimate of drug-likeness (QED) is 0.822. The average molecular weight is 355 g/mol. The lowest BCUT2D eigenvalue weighted by Gasteiger charge is -2.31. The van der Waals surface area contributed by atoms with Crippen molar-refractivity contribution in [2.24, 2.45) is 0 Å². The van der Waals surface area contributed by atoms with Crippen molar-refractivity contribution in [3.05, 3.63) is 41.7 Å². The van der Waals surface area contributed by atoms with Gasteiger partial charge in [0.2, 0.25) is 0 Å². The molecule has 2 aromatic rings. The van der Waals surface area contributed by atoms with E-state index in [1.807, 2.05) is 18.5 Å². The third-order valence-electron chi connectivity index (χ3n) is 4.91. The summed E-state index contributed by atoms with van der Waals surface area (Å²) in [5, 5.41) is 0. The highest BCUT2D eigenvalue weighted by molar-refractivity contribution is 5.43. The summed E-state index contributed by atoms with van der Waals surface area (Å²) in [5.41, 5.74) is 2.39. The van der Waals surface area contributed by atoms with Gasteiger partial charge in [-0.15, -0.1) is 0 Å². The molecule has 0 saturated carbocycles. The highest BCUT2D eigenvalue weighted by Gasteiger charge is 2.22. The molecule has 26 heavy (non-hydrogen) atoms. The molecule has 6 heteroatoms. The van der Waals surface area contributed by atoms with Gasteiger partial charge in [0, 0.05) is 32.0 Å². The van der Waals surface area contributed by atoms with Crippen molar-refractivity contribution in [3.63, 3.8) is 0 Å². The third kappa shape index (κ3) is 4.07. The molecular formula is C20H25N3O3. The van der Waals surface area contributed by atoms with E-state index in [0.717, 1.165) is 56.0 Å². The summed E-state index contributed by atoms with van der Waals surface area (Å²) < 4.78 is 17.2. The Morgan fingerprint density at radius 2 is 1.77 bits per heavy atom. The molecule has 2 aliphatic heterocycles. The Labute approximate surface area is 154 Å². The van der Waals surface area contributed by atoms with Gasteiger partial charge in [0.25, 0.3) is 0 Å². The van der Waals surface area contributed by atoms with Crippen molar-refractivity contribution in [2.45, 2.75) is 38.8 Å². The molecule has 0 radical (unpaired) electrons. The summed E-state index contributed by atoms with van der Waals surface area (Å²) in [7, 11) is 0. The number of nitrogens with zero attached hydrogens (tertiary/aromatic N) is 3. The molecule has 6 nitrogen and oxygen atoms in total. The van der Waals surface area contributed by atoms with E-state index in [9.17, 15) is 0 Å². The maximum Gasteiger partial charge on any atom is 0.316 e. The van der Waals surface area contributed by atoms with Crippen molar-refractivity contribution < 1.29 is 14.2 Å². The number of aryl methyl sites for hydroxylation is 1. The molecule has 0 unspecified atom stereocenters. The minimum absolute atomic E-state index is 0.194. The van der Waals surface area contributed by atoms with Crippen LogP contribution >= 0.6 is 0 Å². The Kier molecular flexibility index (Phi) is 5.20. The monoisotopic (exact) mass is 355 g/mol. The van der Waals surface area contributed by atoms with Gasteiger partial charge in [-0.05, 0) is 42.5 Å². The smallest absolute Gasteiger partial charge is 0.316 e. The van der Waals surface area contributed by atoms with Crippen molar-refractivity contribution >= 4 is 0 Å². The Hall–Kier alpha value is -2.34. The van der Waals surface area contributed by atoms with E-state index in [1.54, 1.807) is 0 Å². The topological polar surface area (TPSA) is 56.7 Å². The summed E-state index contributed by atoms with van der Waals surface area (Å²) in [6.45, 7) is 6.28. The first-order valence-corrected chi connectivity index (χ1v) is 9.38. The normalized spacial score (nSPS) is 17.9. The van der Waals surface area contributed by atoms with Gasteiger partial charge in [-0.3, -0.25) is 4.90 Å². The van der Waals surface area contributed by atoms with E-state index in [1.165, 1.54) is 5.56 Å². The first kappa shape index (κ1) is 17.1. The second kappa shape index (κ2) is 7.91. The van der Waals surface area contributed by atoms with Gasteiger partial charge >= 0.3 is 6.01 Å². The molecule has 0 aliphatic carbocycles.